The van der Waals surface area contributed by atoms with Gasteiger partial charge in [0.05, 0.1) is 12.1 Å². The van der Waals surface area contributed by atoms with Crippen LogP contribution in [0.3, 0.4) is 0 Å². The van der Waals surface area contributed by atoms with Crippen LogP contribution in [0.2, 0.25) is 0 Å². The average molecular weight is 415 g/mol. The Hall–Kier alpha value is -2.51. The van der Waals surface area contributed by atoms with Gasteiger partial charge in [-0.25, -0.2) is 4.98 Å². The molecule has 146 valence electrons. The van der Waals surface area contributed by atoms with Crippen LogP contribution in [0.1, 0.15) is 37.4 Å². The Kier molecular flexibility index (Phi) is 6.95. The van der Waals surface area contributed by atoms with Crippen molar-refractivity contribution in [2.45, 2.75) is 32.6 Å². The van der Waals surface area contributed by atoms with Gasteiger partial charge in [0.15, 0.2) is 6.61 Å². The first-order valence-electron chi connectivity index (χ1n) is 9.08. The van der Waals surface area contributed by atoms with Gasteiger partial charge in [0.25, 0.3) is 5.91 Å². The lowest BCUT2D eigenvalue weighted by molar-refractivity contribution is -0.146. The summed E-state index contributed by atoms with van der Waals surface area (Å²) < 4.78 is 5.12. The highest BCUT2D eigenvalue weighted by molar-refractivity contribution is 7.14. The number of anilines is 1. The molecule has 1 aromatic carbocycles. The van der Waals surface area contributed by atoms with Gasteiger partial charge in [0, 0.05) is 22.0 Å². The van der Waals surface area contributed by atoms with Crippen molar-refractivity contribution >= 4 is 40.2 Å². The van der Waals surface area contributed by atoms with Crippen molar-refractivity contribution < 1.29 is 14.3 Å². The number of rotatable bonds is 8. The Balaban J connectivity index is 1.50. The first-order chi connectivity index (χ1) is 13.6. The summed E-state index contributed by atoms with van der Waals surface area (Å²) >= 11 is 3.09. The molecule has 0 spiro atoms. The molecule has 1 N–H and O–H groups in total. The number of nitrogens with zero attached hydrogens (tertiary/aromatic N) is 1. The number of esters is 1. The van der Waals surface area contributed by atoms with E-state index in [1.165, 1.54) is 11.3 Å². The monoisotopic (exact) mass is 414 g/mol. The molecule has 5 nitrogen and oxygen atoms in total. The number of ether oxygens (including phenoxy) is 1. The second-order valence-corrected chi connectivity index (χ2v) is 8.08. The average Bonchev–Trinajstić information content (AvgIpc) is 3.38. The molecule has 0 fully saturated rings. The van der Waals surface area contributed by atoms with E-state index in [1.54, 1.807) is 11.3 Å². The number of carbonyl (C=O) groups excluding carboxylic acids is 2. The third-order valence-corrected chi connectivity index (χ3v) is 6.01. The van der Waals surface area contributed by atoms with E-state index in [0.717, 1.165) is 28.2 Å². The summed E-state index contributed by atoms with van der Waals surface area (Å²) in [5.74, 6) is -0.477. The van der Waals surface area contributed by atoms with E-state index in [1.807, 2.05) is 46.5 Å². The van der Waals surface area contributed by atoms with Crippen molar-refractivity contribution in [2.75, 3.05) is 11.9 Å². The molecule has 0 aliphatic rings. The molecule has 1 amide bonds. The van der Waals surface area contributed by atoms with E-state index in [0.29, 0.717) is 11.6 Å². The molecule has 0 aliphatic carbocycles. The molecular formula is C21H22N2O3S2. The largest absolute Gasteiger partial charge is 0.455 e. The predicted octanol–water partition coefficient (Wildman–Crippen LogP) is 5.11. The lowest BCUT2D eigenvalue weighted by Gasteiger charge is -2.15. The van der Waals surface area contributed by atoms with Crippen molar-refractivity contribution in [1.29, 1.82) is 0 Å². The van der Waals surface area contributed by atoms with Gasteiger partial charge in [0.1, 0.15) is 5.01 Å². The molecule has 28 heavy (non-hydrogen) atoms. The van der Waals surface area contributed by atoms with Crippen LogP contribution in [-0.4, -0.2) is 23.5 Å². The van der Waals surface area contributed by atoms with Crippen LogP contribution in [0.25, 0.3) is 10.6 Å². The zero-order valence-corrected chi connectivity index (χ0v) is 17.4. The Bertz CT molecular complexity index is 935. The van der Waals surface area contributed by atoms with Crippen molar-refractivity contribution in [3.05, 3.63) is 57.7 Å². The van der Waals surface area contributed by atoms with Crippen molar-refractivity contribution in [2.24, 2.45) is 0 Å². The zero-order chi connectivity index (χ0) is 19.9. The quantitative estimate of drug-likeness (QED) is 0.520. The van der Waals surface area contributed by atoms with Crippen molar-refractivity contribution in [3.8, 4) is 10.6 Å². The van der Waals surface area contributed by atoms with E-state index in [9.17, 15) is 9.59 Å². The molecule has 1 atom stereocenters. The number of para-hydroxylation sites is 1. The fraction of sp³-hybridized carbons (Fsp3) is 0.286. The number of hydrogen-bond donors (Lipinski definition) is 1. The summed E-state index contributed by atoms with van der Waals surface area (Å²) in [6.07, 6.45) is 1.03. The van der Waals surface area contributed by atoms with Gasteiger partial charge in [-0.1, -0.05) is 32.0 Å². The zero-order valence-electron chi connectivity index (χ0n) is 15.8. The molecule has 3 rings (SSSR count). The Morgan fingerprint density at radius 1 is 1.21 bits per heavy atom. The molecule has 3 aromatic rings. The number of carbonyl (C=O) groups is 2. The van der Waals surface area contributed by atoms with Crippen LogP contribution >= 0.6 is 22.7 Å². The Morgan fingerprint density at radius 3 is 2.79 bits per heavy atom. The molecule has 0 aliphatic heterocycles. The number of hydrogen-bond acceptors (Lipinski definition) is 6. The minimum Gasteiger partial charge on any atom is -0.455 e. The fourth-order valence-electron chi connectivity index (χ4n) is 2.70. The normalized spacial score (nSPS) is 11.8. The van der Waals surface area contributed by atoms with Gasteiger partial charge in [-0.05, 0) is 35.4 Å². The number of amides is 1. The van der Waals surface area contributed by atoms with E-state index in [2.05, 4.69) is 24.1 Å². The number of thiazole rings is 1. The second-order valence-electron chi connectivity index (χ2n) is 6.44. The molecule has 0 saturated carbocycles. The predicted molar refractivity (Wildman–Crippen MR) is 114 cm³/mol. The standard InChI is InChI=1S/C21H22N2O3S2/c1-3-14(2)17-6-4-5-7-18(17)23-19(24)11-26-20(25)10-16-13-28-21(22-16)15-8-9-27-12-15/h4-9,12-14H,3,10-11H2,1-2H3,(H,23,24)/t14-/m0/s1. The first-order valence-corrected chi connectivity index (χ1v) is 10.9. The summed E-state index contributed by atoms with van der Waals surface area (Å²) in [7, 11) is 0. The van der Waals surface area contributed by atoms with Crippen LogP contribution in [0.15, 0.2) is 46.5 Å². The molecule has 0 unspecified atom stereocenters. The lowest BCUT2D eigenvalue weighted by atomic mass is 9.97. The third-order valence-electron chi connectivity index (χ3n) is 4.39. The number of thiophene rings is 1. The van der Waals surface area contributed by atoms with Crippen LogP contribution < -0.4 is 5.32 Å². The van der Waals surface area contributed by atoms with Gasteiger partial charge >= 0.3 is 5.97 Å². The topological polar surface area (TPSA) is 68.3 Å². The summed E-state index contributed by atoms with van der Waals surface area (Å²) in [6, 6.07) is 9.69. The van der Waals surface area contributed by atoms with Gasteiger partial charge in [-0.2, -0.15) is 11.3 Å². The smallest absolute Gasteiger partial charge is 0.312 e. The minimum absolute atomic E-state index is 0.0529. The summed E-state index contributed by atoms with van der Waals surface area (Å²) in [5.41, 5.74) is 3.54. The summed E-state index contributed by atoms with van der Waals surface area (Å²) in [6.45, 7) is 3.91. The van der Waals surface area contributed by atoms with E-state index >= 15 is 0 Å². The SMILES string of the molecule is CC[C@H](C)c1ccccc1NC(=O)COC(=O)Cc1csc(-c2ccsc2)n1. The molecule has 0 radical (unpaired) electrons. The highest BCUT2D eigenvalue weighted by Crippen LogP contribution is 2.27. The van der Waals surface area contributed by atoms with E-state index < -0.39 is 5.97 Å². The van der Waals surface area contributed by atoms with Gasteiger partial charge in [-0.3, -0.25) is 9.59 Å². The van der Waals surface area contributed by atoms with Crippen molar-refractivity contribution in [1.82, 2.24) is 4.98 Å². The molecular weight excluding hydrogens is 392 g/mol. The highest BCUT2D eigenvalue weighted by atomic mass is 32.1. The van der Waals surface area contributed by atoms with Gasteiger partial charge in [0.2, 0.25) is 0 Å². The van der Waals surface area contributed by atoms with Crippen molar-refractivity contribution in [3.63, 3.8) is 0 Å². The maximum Gasteiger partial charge on any atom is 0.312 e. The number of benzene rings is 1. The fourth-order valence-corrected chi connectivity index (χ4v) is 4.23. The molecule has 0 bridgehead atoms. The third kappa shape index (κ3) is 5.27. The lowest BCUT2D eigenvalue weighted by Crippen LogP contribution is -2.22. The molecule has 7 heteroatoms. The van der Waals surface area contributed by atoms with E-state index in [4.69, 9.17) is 4.74 Å². The Morgan fingerprint density at radius 2 is 2.04 bits per heavy atom. The second kappa shape index (κ2) is 9.61. The van der Waals surface area contributed by atoms with Gasteiger partial charge < -0.3 is 10.1 Å². The first kappa shape index (κ1) is 20.2. The maximum atomic E-state index is 12.2. The minimum atomic E-state index is -0.465. The van der Waals surface area contributed by atoms with Crippen LogP contribution in [0.4, 0.5) is 5.69 Å². The maximum absolute atomic E-state index is 12.2. The highest BCUT2D eigenvalue weighted by Gasteiger charge is 2.14. The van der Waals surface area contributed by atoms with Gasteiger partial charge in [-0.15, -0.1) is 11.3 Å². The molecule has 2 aromatic heterocycles. The summed E-state index contributed by atoms with van der Waals surface area (Å²) in [5, 5.41) is 9.57. The van der Waals surface area contributed by atoms with Crippen LogP contribution in [0.5, 0.6) is 0 Å². The molecule has 2 heterocycles. The van der Waals surface area contributed by atoms with Crippen LogP contribution in [0, 0.1) is 0 Å². The number of aromatic nitrogens is 1. The summed E-state index contributed by atoms with van der Waals surface area (Å²) in [4.78, 5) is 28.7. The Labute approximate surface area is 172 Å². The molecule has 0 saturated heterocycles. The number of nitrogens with one attached hydrogen (secondary N) is 1. The van der Waals surface area contributed by atoms with E-state index in [-0.39, 0.29) is 18.9 Å². The van der Waals surface area contributed by atoms with Crippen LogP contribution in [-0.2, 0) is 20.7 Å².